The van der Waals surface area contributed by atoms with Crippen LogP contribution in [0.5, 0.6) is 0 Å². The fraction of sp³-hybridized carbons (Fsp3) is 0.548. The van der Waals surface area contributed by atoms with Gasteiger partial charge in [-0.3, -0.25) is 18.7 Å². The molecule has 116 heavy (non-hydrogen) atoms. The molecular weight excluding hydrogens is 1470 g/mol. The van der Waals surface area contributed by atoms with Crippen LogP contribution in [0.2, 0.25) is 0 Å². The molecule has 4 saturated carbocycles. The molecule has 4 fully saturated rings. The number of nitrogens with zero attached hydrogens (tertiary/aromatic N) is 20. The van der Waals surface area contributed by atoms with E-state index in [-0.39, 0.29) is 47.7 Å². The second-order valence-corrected chi connectivity index (χ2v) is 33.9. The number of nitriles is 4. The third-order valence-corrected chi connectivity index (χ3v) is 23.4. The molecular formula is C84H121F3N28O. The van der Waals surface area contributed by atoms with Gasteiger partial charge in [-0.1, -0.05) is 106 Å². The van der Waals surface area contributed by atoms with E-state index in [1.54, 1.807) is 31.7 Å². The Kier molecular flexibility index (Phi) is 29.4. The van der Waals surface area contributed by atoms with E-state index in [9.17, 15) is 39.3 Å². The molecule has 624 valence electrons. The van der Waals surface area contributed by atoms with Gasteiger partial charge in [0.1, 0.15) is 69.8 Å². The molecule has 29 nitrogen and oxygen atoms in total. The van der Waals surface area contributed by atoms with E-state index in [0.29, 0.717) is 148 Å². The third-order valence-electron chi connectivity index (χ3n) is 23.4. The number of aliphatic hydroxyl groups is 1. The number of alkyl halides is 3. The lowest BCUT2D eigenvalue weighted by Gasteiger charge is -2.41. The van der Waals surface area contributed by atoms with Crippen molar-refractivity contribution in [2.45, 2.75) is 230 Å². The molecule has 32 heteroatoms. The summed E-state index contributed by atoms with van der Waals surface area (Å²) in [7, 11) is 0. The zero-order valence-electron chi connectivity index (χ0n) is 69.1. The normalized spacial score (nSPS) is 20.9. The minimum Gasteiger partial charge on any atom is -0.393 e. The third kappa shape index (κ3) is 24.5. The molecule has 4 aliphatic rings. The highest BCUT2D eigenvalue weighted by atomic mass is 19.4. The molecule has 0 amide bonds. The molecule has 0 spiro atoms. The minimum atomic E-state index is -4.48. The molecule has 0 radical (unpaired) electrons. The average molecular weight is 1600 g/mol. The van der Waals surface area contributed by atoms with E-state index in [4.69, 9.17) is 0 Å². The molecule has 8 heterocycles. The summed E-state index contributed by atoms with van der Waals surface area (Å²) >= 11 is 0. The molecule has 8 atom stereocenters. The maximum atomic E-state index is 12.8. The first-order valence-corrected chi connectivity index (χ1v) is 40.2. The number of halogens is 3. The van der Waals surface area contributed by atoms with Gasteiger partial charge in [0.15, 0.2) is 5.69 Å². The average Bonchev–Trinajstić information content (AvgIpc) is 1.24. The van der Waals surface area contributed by atoms with Crippen molar-refractivity contribution >= 4 is 47.1 Å². The SMILES string of the molecule is C[C@H]1CC[C@@H](Nc2nc(NCCn3ccc(-c4ccccc4)n3)ncc2C#N)CC1(C)C.C[C@H]1CC[C@@H](Nc2nc(NCCn3cccn3)ncc2C#N)CC1(C)C.Cc1cc(C(F)(F)F)nn1CCNc1ncc(C#N)c(N[C@@H]2CC[C@H](O)C(C)(C)C2)n1.Cc1cnn(CCNc2ncc(C#N)c(N[C@@H]3CC[C@H](C)C(C)(C)C3)n2)c1.[HH].[HH].[HH].[HH]. The van der Waals surface area contributed by atoms with Crippen LogP contribution in [-0.2, 0) is 32.4 Å². The Morgan fingerprint density at radius 2 is 0.871 bits per heavy atom. The van der Waals surface area contributed by atoms with Crippen LogP contribution in [0.4, 0.5) is 60.2 Å². The van der Waals surface area contributed by atoms with Gasteiger partial charge in [0, 0.05) is 92.1 Å². The van der Waals surface area contributed by atoms with Gasteiger partial charge in [-0.2, -0.15) is 74.5 Å². The summed E-state index contributed by atoms with van der Waals surface area (Å²) < 4.78 is 45.3. The molecule has 0 unspecified atom stereocenters. The quantitative estimate of drug-likeness (QED) is 0.0257. The Balaban J connectivity index is 0.000000246. The van der Waals surface area contributed by atoms with Crippen molar-refractivity contribution in [2.75, 3.05) is 68.7 Å². The van der Waals surface area contributed by atoms with Crippen molar-refractivity contribution in [3.8, 4) is 35.5 Å². The van der Waals surface area contributed by atoms with Crippen LogP contribution in [0.3, 0.4) is 0 Å². The van der Waals surface area contributed by atoms with Crippen molar-refractivity contribution < 1.29 is 24.0 Å². The zero-order chi connectivity index (χ0) is 83.4. The second-order valence-electron chi connectivity index (χ2n) is 33.9. The monoisotopic (exact) mass is 1600 g/mol. The van der Waals surface area contributed by atoms with Crippen molar-refractivity contribution in [1.29, 1.82) is 21.0 Å². The highest BCUT2D eigenvalue weighted by molar-refractivity contribution is 5.59. The number of aromatic nitrogens is 16. The topological polar surface area (TPSA) is 386 Å². The van der Waals surface area contributed by atoms with Crippen LogP contribution >= 0.6 is 0 Å². The summed E-state index contributed by atoms with van der Waals surface area (Å²) in [6, 6.07) is 24.7. The van der Waals surface area contributed by atoms with Crippen LogP contribution in [0, 0.1) is 98.6 Å². The van der Waals surface area contributed by atoms with Gasteiger partial charge < -0.3 is 47.6 Å². The fourth-order valence-corrected chi connectivity index (χ4v) is 15.1. The molecule has 13 rings (SSSR count). The second kappa shape index (κ2) is 39.2. The zero-order valence-corrected chi connectivity index (χ0v) is 69.1. The van der Waals surface area contributed by atoms with Gasteiger partial charge in [-0.05, 0) is 154 Å². The van der Waals surface area contributed by atoms with E-state index in [1.807, 2.05) is 89.9 Å². The molecule has 0 saturated heterocycles. The number of benzene rings is 1. The van der Waals surface area contributed by atoms with E-state index in [2.05, 4.69) is 202 Å². The standard InChI is InChI=1S/C25H31N7.C20H26F3N7O.C20H29N7.C19H27N7.4H2/c1-18-9-10-21(15-25(18,2)3)29-23-20(16-26)17-28-24(30-23)27-12-14-32-13-11-22(31-32)19-7-5-4-6-8-19;1-12-8-15(20(21,22)23)29-30(12)7-6-25-18-26-11-13(10-24)17(28-18)27-14-4-5-16(31)19(2,3)9-14;1-14-11-24-27(13-14)8-7-22-19-23-12-16(10-21)18(26-19)25-17-6-5-15(2)20(3,4)9-17;1-14-5-6-16(11-19(14,2)3)24-17-15(12-20)13-22-18(25-17)21-8-10-26-9-4-7-23-26;;;;/h4-8,11,13,17-18,21H,9-10,12,14-15H2,1-3H3,(H2,27,28,29,30);8,11,14,16,31H,4-7,9H2,1-3H3,(H2,25,26,27,28);11-13,15,17H,5-9H2,1-4H3,(H2,22,23,25,26);4,7,9,13-14,16H,5-6,8,10-11H2,1-3H3,(H2,21,22,24,25);4*1H/t18-,21+;14-,16+;15-,17+;14-,16+;;;;/m0100..../s1. The molecule has 9 aromatic rings. The van der Waals surface area contributed by atoms with Crippen LogP contribution in [0.25, 0.3) is 11.3 Å². The van der Waals surface area contributed by atoms with Crippen LogP contribution in [-0.4, -0.2) is 141 Å². The summed E-state index contributed by atoms with van der Waals surface area (Å²) in [5.41, 5.74) is 5.04. The Hall–Kier alpha value is -11.5. The summed E-state index contributed by atoms with van der Waals surface area (Å²) in [6.45, 7) is 33.1. The van der Waals surface area contributed by atoms with Gasteiger partial charge >= 0.3 is 6.18 Å². The van der Waals surface area contributed by atoms with Crippen molar-refractivity contribution in [3.05, 3.63) is 144 Å². The maximum absolute atomic E-state index is 12.8. The van der Waals surface area contributed by atoms with E-state index in [1.165, 1.54) is 30.1 Å². The van der Waals surface area contributed by atoms with Gasteiger partial charge in [-0.25, -0.2) is 19.9 Å². The van der Waals surface area contributed by atoms with Gasteiger partial charge in [0.2, 0.25) is 23.8 Å². The van der Waals surface area contributed by atoms with Gasteiger partial charge in [0.25, 0.3) is 0 Å². The van der Waals surface area contributed by atoms with Gasteiger partial charge in [-0.15, -0.1) is 0 Å². The van der Waals surface area contributed by atoms with E-state index >= 15 is 0 Å². The molecule has 0 bridgehead atoms. The molecule has 4 aliphatic carbocycles. The lowest BCUT2D eigenvalue weighted by atomic mass is 9.68. The molecule has 9 N–H and O–H groups in total. The maximum Gasteiger partial charge on any atom is 0.435 e. The van der Waals surface area contributed by atoms with Crippen molar-refractivity contribution in [1.82, 2.24) is 79.0 Å². The summed E-state index contributed by atoms with van der Waals surface area (Å²) in [5, 5.41) is 90.9. The number of nitrogens with one attached hydrogen (secondary N) is 8. The fourth-order valence-electron chi connectivity index (χ4n) is 15.1. The van der Waals surface area contributed by atoms with Crippen molar-refractivity contribution in [2.24, 2.45) is 39.4 Å². The highest BCUT2D eigenvalue weighted by Crippen LogP contribution is 2.44. The Morgan fingerprint density at radius 1 is 0.474 bits per heavy atom. The van der Waals surface area contributed by atoms with E-state index in [0.717, 1.165) is 87.3 Å². The summed E-state index contributed by atoms with van der Waals surface area (Å²) in [5.74, 6) is 6.22. The first-order valence-electron chi connectivity index (χ1n) is 40.2. The largest absolute Gasteiger partial charge is 0.435 e. The smallest absolute Gasteiger partial charge is 0.393 e. The number of anilines is 8. The number of aliphatic hydroxyl groups excluding tert-OH is 1. The number of rotatable bonds is 25. The number of aryl methyl sites for hydroxylation is 2. The lowest BCUT2D eigenvalue weighted by molar-refractivity contribution is -0.141. The molecule has 1 aromatic carbocycles. The number of hydrogen-bond donors (Lipinski definition) is 9. The van der Waals surface area contributed by atoms with Crippen LogP contribution in [0.15, 0.2) is 104 Å². The van der Waals surface area contributed by atoms with Crippen molar-refractivity contribution in [3.63, 3.8) is 0 Å². The van der Waals surface area contributed by atoms with Gasteiger partial charge in [0.05, 0.1) is 69.0 Å². The highest BCUT2D eigenvalue weighted by Gasteiger charge is 2.39. The van der Waals surface area contributed by atoms with E-state index < -0.39 is 11.9 Å². The Bertz CT molecular complexity index is 4850. The van der Waals surface area contributed by atoms with Crippen LogP contribution in [0.1, 0.15) is 198 Å². The predicted octanol–water partition coefficient (Wildman–Crippen LogP) is 16.1. The lowest BCUT2D eigenvalue weighted by Crippen LogP contribution is -2.41. The summed E-state index contributed by atoms with van der Waals surface area (Å²) in [6.07, 6.45) is 23.0. The number of hydrogen-bond acceptors (Lipinski definition) is 25. The molecule has 0 aliphatic heterocycles. The first kappa shape index (κ1) is 86.9. The first-order chi connectivity index (χ1) is 55.3. The summed E-state index contributed by atoms with van der Waals surface area (Å²) in [4.78, 5) is 35.0. The van der Waals surface area contributed by atoms with Crippen LogP contribution < -0.4 is 42.5 Å². The minimum absolute atomic E-state index is 0. The Labute approximate surface area is 685 Å². The molecule has 8 aromatic heterocycles. The Morgan fingerprint density at radius 3 is 1.23 bits per heavy atom. The predicted molar refractivity (Wildman–Crippen MR) is 452 cm³/mol.